The summed E-state index contributed by atoms with van der Waals surface area (Å²) in [5, 5.41) is 4.92. The summed E-state index contributed by atoms with van der Waals surface area (Å²) in [6.07, 6.45) is 1.90. The number of ether oxygens (including phenoxy) is 1. The van der Waals surface area contributed by atoms with Crippen LogP contribution in [0.5, 0.6) is 0 Å². The summed E-state index contributed by atoms with van der Waals surface area (Å²) in [5.74, 6) is -0.373. The van der Waals surface area contributed by atoms with Crippen molar-refractivity contribution >= 4 is 27.5 Å². The topological polar surface area (TPSA) is 26.3 Å². The highest BCUT2D eigenvalue weighted by Crippen LogP contribution is 2.23. The minimum absolute atomic E-state index is 0.373. The Hall–Kier alpha value is -2.61. The molecule has 0 aliphatic carbocycles. The van der Waals surface area contributed by atoms with Crippen molar-refractivity contribution in [3.63, 3.8) is 0 Å². The van der Waals surface area contributed by atoms with Gasteiger partial charge >= 0.3 is 5.97 Å². The van der Waals surface area contributed by atoms with Crippen molar-refractivity contribution in [1.82, 2.24) is 0 Å². The van der Waals surface area contributed by atoms with E-state index in [2.05, 4.69) is 55.1 Å². The molecular weight excluding hydrogens is 260 g/mol. The molecule has 0 aromatic heterocycles. The average molecular weight is 276 g/mol. The average Bonchev–Trinajstić information content (AvgIpc) is 2.52. The Labute approximate surface area is 123 Å². The largest absolute Gasteiger partial charge is 0.462 e. The third-order valence-electron chi connectivity index (χ3n) is 3.57. The first-order valence-electron chi connectivity index (χ1n) is 6.97. The van der Waals surface area contributed by atoms with E-state index in [1.54, 1.807) is 0 Å². The molecule has 0 heterocycles. The van der Waals surface area contributed by atoms with Crippen molar-refractivity contribution in [2.45, 2.75) is 6.42 Å². The molecule has 21 heavy (non-hydrogen) atoms. The monoisotopic (exact) mass is 276 g/mol. The van der Waals surface area contributed by atoms with Gasteiger partial charge in [0.05, 0.1) is 6.61 Å². The second kappa shape index (κ2) is 5.80. The molecule has 0 aliphatic heterocycles. The molecule has 0 radical (unpaired) electrons. The third kappa shape index (κ3) is 2.95. The standard InChI is InChI=1S/C19H16O2/c1-2-19(20)21-10-9-14-7-8-17-12-15-5-3-4-6-16(15)13-18(17)11-14/h2-8,11-13H,1,9-10H2. The molecule has 104 valence electrons. The molecule has 3 aromatic carbocycles. The van der Waals surface area contributed by atoms with Gasteiger partial charge in [-0.3, -0.25) is 0 Å². The van der Waals surface area contributed by atoms with Crippen molar-refractivity contribution in [3.05, 3.63) is 72.8 Å². The lowest BCUT2D eigenvalue weighted by Crippen LogP contribution is -2.04. The van der Waals surface area contributed by atoms with Gasteiger partial charge in [0.2, 0.25) is 0 Å². The molecule has 0 saturated heterocycles. The lowest BCUT2D eigenvalue weighted by molar-refractivity contribution is -0.137. The summed E-state index contributed by atoms with van der Waals surface area (Å²) in [4.78, 5) is 11.0. The first kappa shape index (κ1) is 13.4. The Morgan fingerprint density at radius 2 is 1.62 bits per heavy atom. The van der Waals surface area contributed by atoms with E-state index in [1.807, 2.05) is 6.07 Å². The molecule has 3 aromatic rings. The molecule has 0 N–H and O–H groups in total. The van der Waals surface area contributed by atoms with Crippen LogP contribution in [-0.2, 0) is 16.0 Å². The Morgan fingerprint density at radius 3 is 2.33 bits per heavy atom. The summed E-state index contributed by atoms with van der Waals surface area (Å²) in [5.41, 5.74) is 1.16. The lowest BCUT2D eigenvalue weighted by Gasteiger charge is -2.06. The lowest BCUT2D eigenvalue weighted by atomic mass is 10.0. The van der Waals surface area contributed by atoms with E-state index in [0.29, 0.717) is 13.0 Å². The van der Waals surface area contributed by atoms with Crippen LogP contribution >= 0.6 is 0 Å². The van der Waals surface area contributed by atoms with Gasteiger partial charge in [-0.15, -0.1) is 0 Å². The molecule has 0 aliphatic rings. The maximum Gasteiger partial charge on any atom is 0.330 e. The van der Waals surface area contributed by atoms with Crippen molar-refractivity contribution < 1.29 is 9.53 Å². The van der Waals surface area contributed by atoms with Crippen LogP contribution in [0.15, 0.2) is 67.3 Å². The van der Waals surface area contributed by atoms with Crippen molar-refractivity contribution in [1.29, 1.82) is 0 Å². The highest BCUT2D eigenvalue weighted by Gasteiger charge is 2.01. The molecule has 0 atom stereocenters. The van der Waals surface area contributed by atoms with Gasteiger partial charge in [0.1, 0.15) is 0 Å². The van der Waals surface area contributed by atoms with Crippen LogP contribution in [0.3, 0.4) is 0 Å². The Balaban J connectivity index is 1.87. The molecule has 0 spiro atoms. The highest BCUT2D eigenvalue weighted by molar-refractivity contribution is 5.98. The number of fused-ring (bicyclic) bond motifs is 2. The van der Waals surface area contributed by atoms with Crippen LogP contribution in [0.4, 0.5) is 0 Å². The van der Waals surface area contributed by atoms with Gasteiger partial charge in [0.15, 0.2) is 0 Å². The fraction of sp³-hybridized carbons (Fsp3) is 0.105. The van der Waals surface area contributed by atoms with E-state index in [1.165, 1.54) is 27.6 Å². The van der Waals surface area contributed by atoms with Gasteiger partial charge in [-0.25, -0.2) is 4.79 Å². The third-order valence-corrected chi connectivity index (χ3v) is 3.57. The smallest absolute Gasteiger partial charge is 0.330 e. The molecular formula is C19H16O2. The van der Waals surface area contributed by atoms with Gasteiger partial charge in [-0.05, 0) is 39.2 Å². The quantitative estimate of drug-likeness (QED) is 0.404. The summed E-state index contributed by atoms with van der Waals surface area (Å²) in [6.45, 7) is 3.76. The van der Waals surface area contributed by atoms with E-state index in [0.717, 1.165) is 5.56 Å². The number of hydrogen-bond acceptors (Lipinski definition) is 2. The van der Waals surface area contributed by atoms with Crippen LogP contribution in [-0.4, -0.2) is 12.6 Å². The van der Waals surface area contributed by atoms with Crippen LogP contribution in [0.25, 0.3) is 21.5 Å². The fourth-order valence-electron chi connectivity index (χ4n) is 2.47. The predicted octanol–water partition coefficient (Wildman–Crippen LogP) is 4.26. The summed E-state index contributed by atoms with van der Waals surface area (Å²) >= 11 is 0. The molecule has 2 heteroatoms. The summed E-state index contributed by atoms with van der Waals surface area (Å²) in [7, 11) is 0. The molecule has 0 amide bonds. The van der Waals surface area contributed by atoms with Crippen molar-refractivity contribution in [2.75, 3.05) is 6.61 Å². The van der Waals surface area contributed by atoms with Gasteiger partial charge in [0, 0.05) is 12.5 Å². The van der Waals surface area contributed by atoms with Crippen LogP contribution in [0, 0.1) is 0 Å². The SMILES string of the molecule is C=CC(=O)OCCc1ccc2cc3ccccc3cc2c1. The first-order valence-corrected chi connectivity index (χ1v) is 6.97. The molecule has 0 fully saturated rings. The van der Waals surface area contributed by atoms with Crippen molar-refractivity contribution in [2.24, 2.45) is 0 Å². The molecule has 0 unspecified atom stereocenters. The van der Waals surface area contributed by atoms with E-state index in [4.69, 9.17) is 4.74 Å². The van der Waals surface area contributed by atoms with Gasteiger partial charge < -0.3 is 4.74 Å². The van der Waals surface area contributed by atoms with Gasteiger partial charge in [-0.2, -0.15) is 0 Å². The van der Waals surface area contributed by atoms with Crippen LogP contribution in [0.2, 0.25) is 0 Å². The number of hydrogen-bond donors (Lipinski definition) is 0. The van der Waals surface area contributed by atoms with E-state index < -0.39 is 0 Å². The molecule has 2 nitrogen and oxygen atoms in total. The fourth-order valence-corrected chi connectivity index (χ4v) is 2.47. The van der Waals surface area contributed by atoms with Gasteiger partial charge in [-0.1, -0.05) is 49.0 Å². The maximum absolute atomic E-state index is 11.0. The predicted molar refractivity (Wildman–Crippen MR) is 86.3 cm³/mol. The Morgan fingerprint density at radius 1 is 0.952 bits per heavy atom. The number of esters is 1. The summed E-state index contributed by atoms with van der Waals surface area (Å²) in [6, 6.07) is 19.1. The maximum atomic E-state index is 11.0. The zero-order valence-electron chi connectivity index (χ0n) is 11.7. The molecule has 0 bridgehead atoms. The molecule has 3 rings (SSSR count). The zero-order chi connectivity index (χ0) is 14.7. The highest BCUT2D eigenvalue weighted by atomic mass is 16.5. The normalized spacial score (nSPS) is 10.7. The van der Waals surface area contributed by atoms with Crippen molar-refractivity contribution in [3.8, 4) is 0 Å². The summed E-state index contributed by atoms with van der Waals surface area (Å²) < 4.78 is 5.02. The second-order valence-electron chi connectivity index (χ2n) is 5.00. The minimum atomic E-state index is -0.373. The number of rotatable bonds is 4. The number of carbonyl (C=O) groups is 1. The number of benzene rings is 3. The minimum Gasteiger partial charge on any atom is -0.462 e. The zero-order valence-corrected chi connectivity index (χ0v) is 11.7. The second-order valence-corrected chi connectivity index (χ2v) is 5.00. The van der Waals surface area contributed by atoms with E-state index >= 15 is 0 Å². The Kier molecular flexibility index (Phi) is 3.69. The van der Waals surface area contributed by atoms with E-state index in [-0.39, 0.29) is 5.97 Å². The van der Waals surface area contributed by atoms with Crippen LogP contribution in [0.1, 0.15) is 5.56 Å². The first-order chi connectivity index (χ1) is 10.3. The van der Waals surface area contributed by atoms with Gasteiger partial charge in [0.25, 0.3) is 0 Å². The molecule has 0 saturated carbocycles. The van der Waals surface area contributed by atoms with E-state index in [9.17, 15) is 4.79 Å². The number of carbonyl (C=O) groups excluding carboxylic acids is 1. The Bertz CT molecular complexity index is 818. The van der Waals surface area contributed by atoms with Crippen LogP contribution < -0.4 is 0 Å².